The van der Waals surface area contributed by atoms with Crippen LogP contribution in [0.5, 0.6) is 0 Å². The van der Waals surface area contributed by atoms with Crippen molar-refractivity contribution >= 4 is 11.6 Å². The average molecular weight is 89.5 g/mol. The summed E-state index contributed by atoms with van der Waals surface area (Å²) in [4.78, 5) is 0. The summed E-state index contributed by atoms with van der Waals surface area (Å²) in [6.07, 6.45) is 1.74. The molecule has 0 saturated heterocycles. The lowest BCUT2D eigenvalue weighted by molar-refractivity contribution is 1.71. The molecule has 0 aliphatic rings. The summed E-state index contributed by atoms with van der Waals surface area (Å²) >= 11 is 5.21. The van der Waals surface area contributed by atoms with E-state index in [0.29, 0.717) is 5.03 Å². The zero-order valence-electron chi connectivity index (χ0n) is 3.16. The Labute approximate surface area is 37.4 Å². The normalized spacial score (nSPS) is 12.2. The third-order valence-electron chi connectivity index (χ3n) is 0.313. The van der Waals surface area contributed by atoms with Crippen LogP contribution in [-0.2, 0) is 0 Å². The molecule has 0 N–H and O–H groups in total. The summed E-state index contributed by atoms with van der Waals surface area (Å²) in [5.74, 6) is 0. The summed E-state index contributed by atoms with van der Waals surface area (Å²) in [6, 6.07) is 0. The molecule has 0 saturated carbocycles. The summed E-state index contributed by atoms with van der Waals surface area (Å²) in [6.45, 7) is 5.23. The van der Waals surface area contributed by atoms with E-state index in [1.807, 2.05) is 6.92 Å². The maximum atomic E-state index is 5.21. The summed E-state index contributed by atoms with van der Waals surface area (Å²) in [5.41, 5.74) is 0. The van der Waals surface area contributed by atoms with Crippen LogP contribution >= 0.6 is 11.6 Å². The average Bonchev–Trinajstić information content (AvgIpc) is 1.38. The lowest BCUT2D eigenvalue weighted by Crippen LogP contribution is -1.46. The van der Waals surface area contributed by atoms with Crippen LogP contribution in [0.25, 0.3) is 0 Å². The SMILES string of the molecule is [CH2]/C(Cl)=C\C. The molecule has 1 heteroatoms. The van der Waals surface area contributed by atoms with E-state index < -0.39 is 0 Å². The van der Waals surface area contributed by atoms with Gasteiger partial charge in [-0.15, -0.1) is 0 Å². The lowest BCUT2D eigenvalue weighted by Gasteiger charge is -1.69. The van der Waals surface area contributed by atoms with Crippen LogP contribution in [0.4, 0.5) is 0 Å². The molecule has 0 atom stereocenters. The zero-order chi connectivity index (χ0) is 4.28. The van der Waals surface area contributed by atoms with Crippen LogP contribution in [0.3, 0.4) is 0 Å². The Morgan fingerprint density at radius 1 is 2.00 bits per heavy atom. The Kier molecular flexibility index (Phi) is 2.29. The molecule has 0 aromatic carbocycles. The Hall–Kier alpha value is 0.0300. The monoisotopic (exact) mass is 89.0 g/mol. The minimum atomic E-state index is 0.602. The van der Waals surface area contributed by atoms with Gasteiger partial charge in [0, 0.05) is 5.03 Å². The third kappa shape index (κ3) is 4.03. The van der Waals surface area contributed by atoms with Crippen LogP contribution in [0, 0.1) is 6.92 Å². The van der Waals surface area contributed by atoms with Crippen LogP contribution in [0.15, 0.2) is 11.1 Å². The van der Waals surface area contributed by atoms with Crippen molar-refractivity contribution in [2.45, 2.75) is 6.92 Å². The van der Waals surface area contributed by atoms with Gasteiger partial charge in [-0.1, -0.05) is 17.7 Å². The maximum Gasteiger partial charge on any atom is 0.0142 e. The van der Waals surface area contributed by atoms with Crippen LogP contribution in [0.2, 0.25) is 0 Å². The van der Waals surface area contributed by atoms with Crippen LogP contribution in [-0.4, -0.2) is 0 Å². The van der Waals surface area contributed by atoms with Crippen molar-refractivity contribution in [3.63, 3.8) is 0 Å². The van der Waals surface area contributed by atoms with Gasteiger partial charge in [0.2, 0.25) is 0 Å². The first-order chi connectivity index (χ1) is 2.27. The fourth-order valence-corrected chi connectivity index (χ4v) is 0. The highest BCUT2D eigenvalue weighted by atomic mass is 35.5. The third-order valence-corrected chi connectivity index (χ3v) is 0.531. The van der Waals surface area contributed by atoms with Gasteiger partial charge in [0.25, 0.3) is 0 Å². The molecule has 0 aliphatic carbocycles. The molecule has 0 bridgehead atoms. The highest BCUT2D eigenvalue weighted by molar-refractivity contribution is 6.30. The molecule has 29 valence electrons. The predicted molar refractivity (Wildman–Crippen MR) is 25.0 cm³/mol. The van der Waals surface area contributed by atoms with Crippen molar-refractivity contribution in [3.8, 4) is 0 Å². The second-order valence-electron chi connectivity index (χ2n) is 0.736. The first-order valence-corrected chi connectivity index (χ1v) is 1.79. The van der Waals surface area contributed by atoms with Gasteiger partial charge < -0.3 is 0 Å². The predicted octanol–water partition coefficient (Wildman–Crippen LogP) is 1.96. The van der Waals surface area contributed by atoms with E-state index in [1.165, 1.54) is 0 Å². The molecule has 0 heterocycles. The van der Waals surface area contributed by atoms with Crippen LogP contribution < -0.4 is 0 Å². The molecular formula is C4H6Cl. The standard InChI is InChI=1S/C4H6Cl/c1-3-4(2)5/h3H,2H2,1H3/b4-3+. The minimum Gasteiger partial charge on any atom is -0.0895 e. The van der Waals surface area contributed by atoms with Crippen molar-refractivity contribution in [1.29, 1.82) is 0 Å². The van der Waals surface area contributed by atoms with Crippen molar-refractivity contribution in [3.05, 3.63) is 18.0 Å². The van der Waals surface area contributed by atoms with Gasteiger partial charge in [0.15, 0.2) is 0 Å². The van der Waals surface area contributed by atoms with Crippen molar-refractivity contribution in [1.82, 2.24) is 0 Å². The number of hydrogen-bond donors (Lipinski definition) is 0. The Bertz CT molecular complexity index is 41.6. The van der Waals surface area contributed by atoms with E-state index >= 15 is 0 Å². The van der Waals surface area contributed by atoms with E-state index in [1.54, 1.807) is 6.08 Å². The molecule has 0 aromatic heterocycles. The first-order valence-electron chi connectivity index (χ1n) is 1.41. The van der Waals surface area contributed by atoms with E-state index in [0.717, 1.165) is 0 Å². The summed E-state index contributed by atoms with van der Waals surface area (Å²) in [7, 11) is 0. The highest BCUT2D eigenvalue weighted by Crippen LogP contribution is 1.92. The van der Waals surface area contributed by atoms with Gasteiger partial charge in [-0.2, -0.15) is 0 Å². The van der Waals surface area contributed by atoms with Crippen molar-refractivity contribution in [2.75, 3.05) is 0 Å². The summed E-state index contributed by atoms with van der Waals surface area (Å²) in [5, 5.41) is 0.602. The molecule has 0 spiro atoms. The van der Waals surface area contributed by atoms with E-state index in [4.69, 9.17) is 11.6 Å². The molecule has 0 rings (SSSR count). The Morgan fingerprint density at radius 3 is 2.20 bits per heavy atom. The van der Waals surface area contributed by atoms with Gasteiger partial charge in [0.05, 0.1) is 0 Å². The van der Waals surface area contributed by atoms with E-state index in [-0.39, 0.29) is 0 Å². The molecule has 0 amide bonds. The molecule has 0 unspecified atom stereocenters. The van der Waals surface area contributed by atoms with Gasteiger partial charge in [0.1, 0.15) is 0 Å². The number of hydrogen-bond acceptors (Lipinski definition) is 0. The zero-order valence-corrected chi connectivity index (χ0v) is 3.92. The lowest BCUT2D eigenvalue weighted by atomic mass is 10.6. The highest BCUT2D eigenvalue weighted by Gasteiger charge is 1.64. The fraction of sp³-hybridized carbons (Fsp3) is 0.250. The fourth-order valence-electron chi connectivity index (χ4n) is 0. The molecule has 0 aromatic rings. The first kappa shape index (κ1) is 5.03. The second-order valence-corrected chi connectivity index (χ2v) is 1.22. The Morgan fingerprint density at radius 2 is 2.20 bits per heavy atom. The van der Waals surface area contributed by atoms with E-state index in [9.17, 15) is 0 Å². The van der Waals surface area contributed by atoms with Gasteiger partial charge >= 0.3 is 0 Å². The van der Waals surface area contributed by atoms with E-state index in [2.05, 4.69) is 6.92 Å². The van der Waals surface area contributed by atoms with Gasteiger partial charge in [-0.25, -0.2) is 0 Å². The number of allylic oxidation sites excluding steroid dienone is 2. The van der Waals surface area contributed by atoms with Gasteiger partial charge in [-0.05, 0) is 13.8 Å². The molecular weight excluding hydrogens is 83.5 g/mol. The van der Waals surface area contributed by atoms with Crippen molar-refractivity contribution in [2.24, 2.45) is 0 Å². The number of halogens is 1. The molecule has 1 radical (unpaired) electrons. The molecule has 5 heavy (non-hydrogen) atoms. The topological polar surface area (TPSA) is 0 Å². The quantitative estimate of drug-likeness (QED) is 0.426. The maximum absolute atomic E-state index is 5.21. The largest absolute Gasteiger partial charge is 0.0895 e. The van der Waals surface area contributed by atoms with Crippen LogP contribution in [0.1, 0.15) is 6.92 Å². The van der Waals surface area contributed by atoms with Crippen molar-refractivity contribution < 1.29 is 0 Å². The van der Waals surface area contributed by atoms with Gasteiger partial charge in [-0.3, -0.25) is 0 Å². The second kappa shape index (κ2) is 2.28. The number of rotatable bonds is 0. The Balaban J connectivity index is 3.14. The minimum absolute atomic E-state index is 0.602. The smallest absolute Gasteiger partial charge is 0.0142 e. The molecule has 0 fully saturated rings. The molecule has 0 aliphatic heterocycles. The summed E-state index contributed by atoms with van der Waals surface area (Å²) < 4.78 is 0. The molecule has 0 nitrogen and oxygen atoms in total.